The van der Waals surface area contributed by atoms with Crippen LogP contribution < -0.4 is 10.5 Å². The van der Waals surface area contributed by atoms with Crippen molar-refractivity contribution in [1.29, 1.82) is 0 Å². The SMILES string of the molecule is COc1cc(N)c2c(c1)-c1ccccc1C2. The largest absolute Gasteiger partial charge is 0.497 e. The molecule has 0 aromatic heterocycles. The van der Waals surface area contributed by atoms with E-state index in [4.69, 9.17) is 10.5 Å². The van der Waals surface area contributed by atoms with Gasteiger partial charge in [0.15, 0.2) is 0 Å². The lowest BCUT2D eigenvalue weighted by Crippen LogP contribution is -1.94. The third-order valence-electron chi connectivity index (χ3n) is 3.17. The van der Waals surface area contributed by atoms with Crippen LogP contribution in [0.1, 0.15) is 11.1 Å². The van der Waals surface area contributed by atoms with E-state index in [1.165, 1.54) is 22.3 Å². The second kappa shape index (κ2) is 3.27. The Labute approximate surface area is 94.7 Å². The predicted molar refractivity (Wildman–Crippen MR) is 65.6 cm³/mol. The van der Waals surface area contributed by atoms with Crippen molar-refractivity contribution in [1.82, 2.24) is 0 Å². The molecular weight excluding hydrogens is 198 g/mol. The second-order valence-electron chi connectivity index (χ2n) is 4.08. The smallest absolute Gasteiger partial charge is 0.121 e. The van der Waals surface area contributed by atoms with Gasteiger partial charge in [-0.25, -0.2) is 0 Å². The number of nitrogen functional groups attached to an aromatic ring is 1. The third-order valence-corrected chi connectivity index (χ3v) is 3.17. The van der Waals surface area contributed by atoms with E-state index in [9.17, 15) is 0 Å². The van der Waals surface area contributed by atoms with Crippen LogP contribution in [0.25, 0.3) is 11.1 Å². The molecule has 2 N–H and O–H groups in total. The van der Waals surface area contributed by atoms with Crippen LogP contribution in [-0.2, 0) is 6.42 Å². The first-order valence-corrected chi connectivity index (χ1v) is 5.34. The van der Waals surface area contributed by atoms with Crippen molar-refractivity contribution in [3.05, 3.63) is 47.5 Å². The fourth-order valence-corrected chi connectivity index (χ4v) is 2.35. The molecule has 0 radical (unpaired) electrons. The summed E-state index contributed by atoms with van der Waals surface area (Å²) >= 11 is 0. The highest BCUT2D eigenvalue weighted by Gasteiger charge is 2.20. The molecule has 0 saturated carbocycles. The van der Waals surface area contributed by atoms with Gasteiger partial charge in [0.25, 0.3) is 0 Å². The van der Waals surface area contributed by atoms with Crippen molar-refractivity contribution < 1.29 is 4.74 Å². The van der Waals surface area contributed by atoms with E-state index in [1.54, 1.807) is 7.11 Å². The van der Waals surface area contributed by atoms with E-state index in [0.29, 0.717) is 0 Å². The molecular formula is C14H13NO. The van der Waals surface area contributed by atoms with Crippen LogP contribution in [-0.4, -0.2) is 7.11 Å². The highest BCUT2D eigenvalue weighted by atomic mass is 16.5. The van der Waals surface area contributed by atoms with E-state index in [0.717, 1.165) is 17.9 Å². The molecule has 0 spiro atoms. The minimum Gasteiger partial charge on any atom is -0.497 e. The Balaban J connectivity index is 2.27. The summed E-state index contributed by atoms with van der Waals surface area (Å²) in [5, 5.41) is 0. The van der Waals surface area contributed by atoms with Gasteiger partial charge < -0.3 is 10.5 Å². The van der Waals surface area contributed by atoms with Crippen LogP contribution >= 0.6 is 0 Å². The molecule has 0 saturated heterocycles. The summed E-state index contributed by atoms with van der Waals surface area (Å²) < 4.78 is 5.26. The quantitative estimate of drug-likeness (QED) is 0.628. The van der Waals surface area contributed by atoms with Gasteiger partial charge in [-0.3, -0.25) is 0 Å². The summed E-state index contributed by atoms with van der Waals surface area (Å²) in [4.78, 5) is 0. The van der Waals surface area contributed by atoms with Crippen LogP contribution in [0.5, 0.6) is 5.75 Å². The van der Waals surface area contributed by atoms with Crippen LogP contribution in [0.4, 0.5) is 5.69 Å². The normalized spacial score (nSPS) is 12.1. The van der Waals surface area contributed by atoms with Crippen molar-refractivity contribution in [3.8, 4) is 16.9 Å². The van der Waals surface area contributed by atoms with E-state index >= 15 is 0 Å². The number of benzene rings is 2. The maximum absolute atomic E-state index is 6.05. The zero-order chi connectivity index (χ0) is 11.1. The molecule has 0 aliphatic heterocycles. The van der Waals surface area contributed by atoms with E-state index < -0.39 is 0 Å². The molecule has 1 aliphatic carbocycles. The Bertz CT molecular complexity index is 561. The van der Waals surface area contributed by atoms with Crippen molar-refractivity contribution in [2.75, 3.05) is 12.8 Å². The fraction of sp³-hybridized carbons (Fsp3) is 0.143. The van der Waals surface area contributed by atoms with Gasteiger partial charge >= 0.3 is 0 Å². The van der Waals surface area contributed by atoms with Crippen molar-refractivity contribution >= 4 is 5.69 Å². The number of hydrogen-bond acceptors (Lipinski definition) is 2. The molecule has 0 fully saturated rings. The van der Waals surface area contributed by atoms with Gasteiger partial charge in [0.05, 0.1) is 7.11 Å². The number of rotatable bonds is 1. The topological polar surface area (TPSA) is 35.2 Å². The Hall–Kier alpha value is -1.96. The monoisotopic (exact) mass is 211 g/mol. The average Bonchev–Trinajstić information content (AvgIpc) is 2.68. The molecule has 0 bridgehead atoms. The van der Waals surface area contributed by atoms with Crippen LogP contribution in [0.2, 0.25) is 0 Å². The standard InChI is InChI=1S/C14H13NO/c1-16-10-7-12-11-5-3-2-4-9(11)6-13(12)14(15)8-10/h2-5,7-8H,6,15H2,1H3. The van der Waals surface area contributed by atoms with Crippen molar-refractivity contribution in [2.24, 2.45) is 0 Å². The zero-order valence-electron chi connectivity index (χ0n) is 9.16. The number of anilines is 1. The minimum atomic E-state index is 0.825. The number of nitrogens with two attached hydrogens (primary N) is 1. The molecule has 0 unspecified atom stereocenters. The van der Waals surface area contributed by atoms with Gasteiger partial charge in [-0.1, -0.05) is 24.3 Å². The number of hydrogen-bond donors (Lipinski definition) is 1. The van der Waals surface area contributed by atoms with Crippen LogP contribution in [0.3, 0.4) is 0 Å². The molecule has 1 aliphatic rings. The summed E-state index contributed by atoms with van der Waals surface area (Å²) in [5.41, 5.74) is 11.9. The Morgan fingerprint density at radius 1 is 1.12 bits per heavy atom. The maximum atomic E-state index is 6.05. The molecule has 0 amide bonds. The van der Waals surface area contributed by atoms with Gasteiger partial charge in [-0.05, 0) is 28.3 Å². The van der Waals surface area contributed by atoms with E-state index in [-0.39, 0.29) is 0 Å². The average molecular weight is 211 g/mol. The van der Waals surface area contributed by atoms with Gasteiger partial charge in [0, 0.05) is 18.2 Å². The fourth-order valence-electron chi connectivity index (χ4n) is 2.35. The molecule has 2 aromatic rings. The summed E-state index contributed by atoms with van der Waals surface area (Å²) in [6.45, 7) is 0. The number of fused-ring (bicyclic) bond motifs is 3. The lowest BCUT2D eigenvalue weighted by atomic mass is 10.0. The highest BCUT2D eigenvalue weighted by molar-refractivity contribution is 5.82. The zero-order valence-corrected chi connectivity index (χ0v) is 9.16. The molecule has 0 heterocycles. The molecule has 2 nitrogen and oxygen atoms in total. The van der Waals surface area contributed by atoms with Gasteiger partial charge in [-0.2, -0.15) is 0 Å². The summed E-state index contributed by atoms with van der Waals surface area (Å²) in [6.07, 6.45) is 0.932. The van der Waals surface area contributed by atoms with Crippen LogP contribution in [0.15, 0.2) is 36.4 Å². The van der Waals surface area contributed by atoms with Gasteiger partial charge in [-0.15, -0.1) is 0 Å². The van der Waals surface area contributed by atoms with E-state index in [1.807, 2.05) is 6.07 Å². The number of methoxy groups -OCH3 is 1. The van der Waals surface area contributed by atoms with Gasteiger partial charge in [0.2, 0.25) is 0 Å². The van der Waals surface area contributed by atoms with Crippen molar-refractivity contribution in [2.45, 2.75) is 6.42 Å². The third kappa shape index (κ3) is 1.20. The first-order valence-electron chi connectivity index (χ1n) is 5.34. The lowest BCUT2D eigenvalue weighted by Gasteiger charge is -2.07. The second-order valence-corrected chi connectivity index (χ2v) is 4.08. The van der Waals surface area contributed by atoms with E-state index in [2.05, 4.69) is 30.3 Å². The minimum absolute atomic E-state index is 0.825. The van der Waals surface area contributed by atoms with Crippen molar-refractivity contribution in [3.63, 3.8) is 0 Å². The lowest BCUT2D eigenvalue weighted by molar-refractivity contribution is 0.415. The summed E-state index contributed by atoms with van der Waals surface area (Å²) in [5.74, 6) is 0.827. The Morgan fingerprint density at radius 3 is 2.75 bits per heavy atom. The predicted octanol–water partition coefficient (Wildman–Crippen LogP) is 2.85. The molecule has 3 rings (SSSR count). The number of ether oxygens (including phenoxy) is 1. The Morgan fingerprint density at radius 2 is 1.94 bits per heavy atom. The molecule has 16 heavy (non-hydrogen) atoms. The first-order chi connectivity index (χ1) is 7.79. The summed E-state index contributed by atoms with van der Waals surface area (Å²) in [6, 6.07) is 12.4. The molecule has 80 valence electrons. The first kappa shape index (κ1) is 9.28. The molecule has 0 atom stereocenters. The Kier molecular flexibility index (Phi) is 1.90. The molecule has 2 aromatic carbocycles. The van der Waals surface area contributed by atoms with Crippen LogP contribution in [0, 0.1) is 0 Å². The maximum Gasteiger partial charge on any atom is 0.121 e. The highest BCUT2D eigenvalue weighted by Crippen LogP contribution is 2.41. The summed E-state index contributed by atoms with van der Waals surface area (Å²) in [7, 11) is 1.67. The van der Waals surface area contributed by atoms with Gasteiger partial charge in [0.1, 0.15) is 5.75 Å². The molecule has 2 heteroatoms.